The molecule has 0 bridgehead atoms. The SMILES string of the molecule is CC(C)(C)n1cc(C(=O)NC2CCCc3cc(N)ccc32)cn1. The molecule has 1 heterocycles. The molecule has 0 fully saturated rings. The van der Waals surface area contributed by atoms with Crippen molar-refractivity contribution in [3.8, 4) is 0 Å². The zero-order valence-electron chi connectivity index (χ0n) is 14.0. The van der Waals surface area contributed by atoms with Crippen LogP contribution in [0.25, 0.3) is 0 Å². The van der Waals surface area contributed by atoms with E-state index in [1.165, 1.54) is 11.1 Å². The molecule has 23 heavy (non-hydrogen) atoms. The lowest BCUT2D eigenvalue weighted by molar-refractivity contribution is 0.0932. The van der Waals surface area contributed by atoms with Crippen LogP contribution in [0.15, 0.2) is 30.6 Å². The smallest absolute Gasteiger partial charge is 0.254 e. The molecule has 0 aliphatic heterocycles. The number of nitrogens with zero attached hydrogens (tertiary/aromatic N) is 2. The van der Waals surface area contributed by atoms with Crippen LogP contribution in [0.2, 0.25) is 0 Å². The minimum absolute atomic E-state index is 0.0461. The number of amides is 1. The summed E-state index contributed by atoms with van der Waals surface area (Å²) < 4.78 is 1.82. The average Bonchev–Trinajstić information content (AvgIpc) is 2.97. The number of carbonyl (C=O) groups is 1. The summed E-state index contributed by atoms with van der Waals surface area (Å²) in [4.78, 5) is 12.5. The van der Waals surface area contributed by atoms with Gasteiger partial charge in [-0.25, -0.2) is 0 Å². The number of aryl methyl sites for hydroxylation is 1. The number of rotatable bonds is 2. The molecule has 3 N–H and O–H groups in total. The van der Waals surface area contributed by atoms with Gasteiger partial charge in [0, 0.05) is 11.9 Å². The molecule has 1 amide bonds. The summed E-state index contributed by atoms with van der Waals surface area (Å²) >= 11 is 0. The molecule has 0 radical (unpaired) electrons. The summed E-state index contributed by atoms with van der Waals surface area (Å²) in [5.74, 6) is -0.0739. The average molecular weight is 312 g/mol. The van der Waals surface area contributed by atoms with Gasteiger partial charge in [0.05, 0.1) is 23.3 Å². The van der Waals surface area contributed by atoms with E-state index >= 15 is 0 Å². The third kappa shape index (κ3) is 3.23. The topological polar surface area (TPSA) is 72.9 Å². The number of fused-ring (bicyclic) bond motifs is 1. The third-order valence-electron chi connectivity index (χ3n) is 4.32. The van der Waals surface area contributed by atoms with Gasteiger partial charge in [0.15, 0.2) is 0 Å². The zero-order valence-corrected chi connectivity index (χ0v) is 14.0. The molecule has 5 heteroatoms. The van der Waals surface area contributed by atoms with Crippen LogP contribution in [0.1, 0.15) is 61.1 Å². The normalized spacial score (nSPS) is 17.6. The number of nitrogens with one attached hydrogen (secondary N) is 1. The van der Waals surface area contributed by atoms with Crippen molar-refractivity contribution in [2.75, 3.05) is 5.73 Å². The van der Waals surface area contributed by atoms with Crippen LogP contribution < -0.4 is 11.1 Å². The lowest BCUT2D eigenvalue weighted by Crippen LogP contribution is -2.31. The van der Waals surface area contributed by atoms with Crippen molar-refractivity contribution in [3.05, 3.63) is 47.3 Å². The maximum atomic E-state index is 12.5. The predicted molar refractivity (Wildman–Crippen MR) is 91.2 cm³/mol. The molecule has 2 aromatic rings. The quantitative estimate of drug-likeness (QED) is 0.837. The Labute approximate surface area is 136 Å². The second-order valence-electron chi connectivity index (χ2n) is 7.22. The van der Waals surface area contributed by atoms with E-state index in [1.54, 1.807) is 6.20 Å². The Kier molecular flexibility index (Phi) is 3.88. The lowest BCUT2D eigenvalue weighted by Gasteiger charge is -2.26. The van der Waals surface area contributed by atoms with E-state index in [1.807, 2.05) is 29.1 Å². The molecule has 1 unspecified atom stereocenters. The van der Waals surface area contributed by atoms with Gasteiger partial charge < -0.3 is 11.1 Å². The van der Waals surface area contributed by atoms with Gasteiger partial charge in [0.2, 0.25) is 0 Å². The van der Waals surface area contributed by atoms with Gasteiger partial charge in [-0.1, -0.05) is 6.07 Å². The number of benzene rings is 1. The minimum atomic E-state index is -0.131. The van der Waals surface area contributed by atoms with E-state index in [-0.39, 0.29) is 17.5 Å². The van der Waals surface area contributed by atoms with Gasteiger partial charge >= 0.3 is 0 Å². The van der Waals surface area contributed by atoms with Crippen LogP contribution in [-0.4, -0.2) is 15.7 Å². The Morgan fingerprint density at radius 2 is 2.17 bits per heavy atom. The molecule has 122 valence electrons. The number of hydrogen-bond acceptors (Lipinski definition) is 3. The van der Waals surface area contributed by atoms with Gasteiger partial charge in [-0.05, 0) is 63.3 Å². The number of nitrogens with two attached hydrogens (primary N) is 1. The fourth-order valence-electron chi connectivity index (χ4n) is 3.03. The van der Waals surface area contributed by atoms with Gasteiger partial charge in [0.1, 0.15) is 0 Å². The molecule has 1 atom stereocenters. The van der Waals surface area contributed by atoms with Crippen LogP contribution >= 0.6 is 0 Å². The van der Waals surface area contributed by atoms with Crippen molar-refractivity contribution in [3.63, 3.8) is 0 Å². The first-order valence-electron chi connectivity index (χ1n) is 8.09. The molecule has 1 aromatic heterocycles. The summed E-state index contributed by atoms with van der Waals surface area (Å²) in [5.41, 5.74) is 9.54. The standard InChI is InChI=1S/C18H24N4O/c1-18(2,3)22-11-13(10-20-22)17(23)21-16-6-4-5-12-9-14(19)7-8-15(12)16/h7-11,16H,4-6,19H2,1-3H3,(H,21,23). The highest BCUT2D eigenvalue weighted by molar-refractivity contribution is 5.94. The summed E-state index contributed by atoms with van der Waals surface area (Å²) in [5, 5.41) is 7.44. The van der Waals surface area contributed by atoms with Crippen molar-refractivity contribution in [2.24, 2.45) is 0 Å². The molecule has 1 aliphatic carbocycles. The Bertz CT molecular complexity index is 727. The van der Waals surface area contributed by atoms with E-state index in [9.17, 15) is 4.79 Å². The van der Waals surface area contributed by atoms with Crippen LogP contribution in [-0.2, 0) is 12.0 Å². The number of hydrogen-bond donors (Lipinski definition) is 2. The monoisotopic (exact) mass is 312 g/mol. The van der Waals surface area contributed by atoms with Gasteiger partial charge in [-0.2, -0.15) is 5.10 Å². The summed E-state index contributed by atoms with van der Waals surface area (Å²) in [7, 11) is 0. The highest BCUT2D eigenvalue weighted by atomic mass is 16.1. The fraction of sp³-hybridized carbons (Fsp3) is 0.444. The summed E-state index contributed by atoms with van der Waals surface area (Å²) in [6, 6.07) is 6.00. The lowest BCUT2D eigenvalue weighted by atomic mass is 9.87. The highest BCUT2D eigenvalue weighted by Gasteiger charge is 2.23. The molecule has 5 nitrogen and oxygen atoms in total. The molecule has 1 aromatic carbocycles. The second kappa shape index (κ2) is 5.72. The van der Waals surface area contributed by atoms with E-state index < -0.39 is 0 Å². The predicted octanol–water partition coefficient (Wildman–Crippen LogP) is 3.03. The summed E-state index contributed by atoms with van der Waals surface area (Å²) in [6.45, 7) is 6.18. The number of nitrogen functional groups attached to an aromatic ring is 1. The van der Waals surface area contributed by atoms with E-state index in [0.29, 0.717) is 5.56 Å². The first-order valence-corrected chi connectivity index (χ1v) is 8.09. The van der Waals surface area contributed by atoms with Crippen molar-refractivity contribution in [2.45, 2.75) is 51.6 Å². The molecular weight excluding hydrogens is 288 g/mol. The molecule has 0 saturated carbocycles. The Morgan fingerprint density at radius 1 is 1.39 bits per heavy atom. The van der Waals surface area contributed by atoms with E-state index in [2.05, 4.69) is 31.2 Å². The van der Waals surface area contributed by atoms with Crippen LogP contribution in [0, 0.1) is 0 Å². The van der Waals surface area contributed by atoms with Gasteiger partial charge in [-0.3, -0.25) is 9.48 Å². The first-order chi connectivity index (χ1) is 10.8. The van der Waals surface area contributed by atoms with Crippen molar-refractivity contribution >= 4 is 11.6 Å². The van der Waals surface area contributed by atoms with E-state index in [4.69, 9.17) is 5.73 Å². The maximum Gasteiger partial charge on any atom is 0.254 e. The van der Waals surface area contributed by atoms with Crippen LogP contribution in [0.3, 0.4) is 0 Å². The Morgan fingerprint density at radius 3 is 2.87 bits per heavy atom. The highest BCUT2D eigenvalue weighted by Crippen LogP contribution is 2.31. The molecule has 3 rings (SSSR count). The van der Waals surface area contributed by atoms with Crippen molar-refractivity contribution in [1.82, 2.24) is 15.1 Å². The molecular formula is C18H24N4O. The van der Waals surface area contributed by atoms with Crippen molar-refractivity contribution in [1.29, 1.82) is 0 Å². The largest absolute Gasteiger partial charge is 0.399 e. The second-order valence-corrected chi connectivity index (χ2v) is 7.22. The molecule has 0 saturated heterocycles. The number of aromatic nitrogens is 2. The van der Waals surface area contributed by atoms with Gasteiger partial charge in [-0.15, -0.1) is 0 Å². The Hall–Kier alpha value is -2.30. The Balaban J connectivity index is 1.78. The third-order valence-corrected chi connectivity index (χ3v) is 4.32. The maximum absolute atomic E-state index is 12.5. The van der Waals surface area contributed by atoms with Crippen LogP contribution in [0.4, 0.5) is 5.69 Å². The van der Waals surface area contributed by atoms with Crippen LogP contribution in [0.5, 0.6) is 0 Å². The summed E-state index contributed by atoms with van der Waals surface area (Å²) in [6.07, 6.45) is 6.47. The molecule has 0 spiro atoms. The minimum Gasteiger partial charge on any atom is -0.399 e. The van der Waals surface area contributed by atoms with Gasteiger partial charge in [0.25, 0.3) is 5.91 Å². The molecule has 1 aliphatic rings. The van der Waals surface area contributed by atoms with E-state index in [0.717, 1.165) is 24.9 Å². The number of carbonyl (C=O) groups excluding carboxylic acids is 1. The number of anilines is 1. The fourth-order valence-corrected chi connectivity index (χ4v) is 3.03. The first kappa shape index (κ1) is 15.6. The zero-order chi connectivity index (χ0) is 16.6. The van der Waals surface area contributed by atoms with Crippen molar-refractivity contribution < 1.29 is 4.79 Å².